The summed E-state index contributed by atoms with van der Waals surface area (Å²) in [7, 11) is 3.10. The van der Waals surface area contributed by atoms with E-state index in [1.165, 1.54) is 13.4 Å². The van der Waals surface area contributed by atoms with Crippen molar-refractivity contribution in [1.82, 2.24) is 0 Å². The Labute approximate surface area is 150 Å². The molecule has 2 aromatic carbocycles. The fourth-order valence-corrected chi connectivity index (χ4v) is 2.63. The van der Waals surface area contributed by atoms with Crippen LogP contribution in [0.4, 0.5) is 5.69 Å². The second-order valence-corrected chi connectivity index (χ2v) is 5.67. The molecule has 1 aliphatic heterocycles. The van der Waals surface area contributed by atoms with Crippen molar-refractivity contribution in [3.05, 3.63) is 64.9 Å². The molecule has 0 fully saturated rings. The minimum atomic E-state index is -0.278. The number of halogens is 1. The molecule has 0 spiro atoms. The van der Waals surface area contributed by atoms with E-state index in [1.54, 1.807) is 55.7 Å². The molecule has 0 saturated heterocycles. The van der Waals surface area contributed by atoms with E-state index in [0.29, 0.717) is 39.1 Å². The number of benzene rings is 2. The SMILES string of the molecule is COc1cccc(NC(=O)C2=Cc3cc(Cl)cc(OC)c3OC=C2)c1. The topological polar surface area (TPSA) is 56.8 Å². The number of nitrogens with one attached hydrogen (secondary N) is 1. The minimum Gasteiger partial charge on any atom is -0.497 e. The van der Waals surface area contributed by atoms with Crippen molar-refractivity contribution < 1.29 is 19.0 Å². The molecule has 0 bridgehead atoms. The summed E-state index contributed by atoms with van der Waals surface area (Å²) in [6, 6.07) is 10.5. The molecule has 1 heterocycles. The number of amides is 1. The quantitative estimate of drug-likeness (QED) is 0.887. The van der Waals surface area contributed by atoms with Crippen molar-refractivity contribution in [2.45, 2.75) is 0 Å². The van der Waals surface area contributed by atoms with Gasteiger partial charge in [-0.2, -0.15) is 0 Å². The van der Waals surface area contributed by atoms with Gasteiger partial charge in [-0.15, -0.1) is 0 Å². The first-order valence-corrected chi connectivity index (χ1v) is 7.86. The van der Waals surface area contributed by atoms with Crippen LogP contribution in [0, 0.1) is 0 Å². The number of hydrogen-bond donors (Lipinski definition) is 1. The lowest BCUT2D eigenvalue weighted by Gasteiger charge is -2.10. The highest BCUT2D eigenvalue weighted by Gasteiger charge is 2.16. The average molecular weight is 358 g/mol. The van der Waals surface area contributed by atoms with Crippen molar-refractivity contribution in [1.29, 1.82) is 0 Å². The van der Waals surface area contributed by atoms with Crippen molar-refractivity contribution in [3.63, 3.8) is 0 Å². The molecule has 0 unspecified atom stereocenters. The molecule has 128 valence electrons. The van der Waals surface area contributed by atoms with Gasteiger partial charge in [-0.05, 0) is 30.4 Å². The van der Waals surface area contributed by atoms with Gasteiger partial charge in [-0.1, -0.05) is 17.7 Å². The zero-order chi connectivity index (χ0) is 17.8. The summed E-state index contributed by atoms with van der Waals surface area (Å²) in [5.41, 5.74) is 1.71. The Kier molecular flexibility index (Phi) is 4.95. The van der Waals surface area contributed by atoms with Gasteiger partial charge in [-0.3, -0.25) is 4.79 Å². The average Bonchev–Trinajstić information content (AvgIpc) is 2.83. The van der Waals surface area contributed by atoms with Gasteiger partial charge < -0.3 is 19.5 Å². The van der Waals surface area contributed by atoms with E-state index in [2.05, 4.69) is 5.32 Å². The van der Waals surface area contributed by atoms with Crippen LogP contribution in [0.3, 0.4) is 0 Å². The molecule has 2 aromatic rings. The predicted octanol–water partition coefficient (Wildman–Crippen LogP) is 4.29. The van der Waals surface area contributed by atoms with E-state index >= 15 is 0 Å². The Morgan fingerprint density at radius 1 is 1.16 bits per heavy atom. The Balaban J connectivity index is 1.91. The first kappa shape index (κ1) is 16.9. The van der Waals surface area contributed by atoms with Crippen molar-refractivity contribution >= 4 is 29.3 Å². The summed E-state index contributed by atoms with van der Waals surface area (Å²) in [5.74, 6) is 1.39. The second kappa shape index (κ2) is 7.32. The number of fused-ring (bicyclic) bond motifs is 1. The normalized spacial score (nSPS) is 12.4. The first-order chi connectivity index (χ1) is 12.1. The zero-order valence-corrected chi connectivity index (χ0v) is 14.5. The van der Waals surface area contributed by atoms with E-state index in [0.717, 1.165) is 0 Å². The number of methoxy groups -OCH3 is 2. The molecule has 1 aliphatic rings. The van der Waals surface area contributed by atoms with E-state index in [-0.39, 0.29) is 5.91 Å². The zero-order valence-electron chi connectivity index (χ0n) is 13.7. The van der Waals surface area contributed by atoms with Gasteiger partial charge in [0.25, 0.3) is 5.91 Å². The molecule has 1 amide bonds. The molecule has 3 rings (SSSR count). The van der Waals surface area contributed by atoms with Crippen LogP contribution in [-0.4, -0.2) is 20.1 Å². The van der Waals surface area contributed by atoms with Gasteiger partial charge in [0, 0.05) is 34.0 Å². The van der Waals surface area contributed by atoms with Crippen LogP contribution in [0.25, 0.3) is 6.08 Å². The van der Waals surface area contributed by atoms with Crippen molar-refractivity contribution in [2.24, 2.45) is 0 Å². The number of carbonyl (C=O) groups excluding carboxylic acids is 1. The van der Waals surface area contributed by atoms with Crippen LogP contribution < -0.4 is 19.5 Å². The first-order valence-electron chi connectivity index (χ1n) is 7.48. The second-order valence-electron chi connectivity index (χ2n) is 5.23. The Hall–Kier alpha value is -2.92. The minimum absolute atomic E-state index is 0.278. The lowest BCUT2D eigenvalue weighted by Crippen LogP contribution is -2.13. The Morgan fingerprint density at radius 2 is 2.00 bits per heavy atom. The maximum Gasteiger partial charge on any atom is 0.255 e. The number of hydrogen-bond acceptors (Lipinski definition) is 4. The lowest BCUT2D eigenvalue weighted by atomic mass is 10.1. The third-order valence-corrected chi connectivity index (χ3v) is 3.82. The van der Waals surface area contributed by atoms with Gasteiger partial charge in [0.15, 0.2) is 11.5 Å². The Morgan fingerprint density at radius 3 is 2.76 bits per heavy atom. The molecule has 6 heteroatoms. The van der Waals surface area contributed by atoms with Crippen LogP contribution in [0.5, 0.6) is 17.2 Å². The van der Waals surface area contributed by atoms with Gasteiger partial charge in [0.1, 0.15) is 5.75 Å². The molecule has 0 radical (unpaired) electrons. The molecule has 0 atom stereocenters. The molecule has 1 N–H and O–H groups in total. The van der Waals surface area contributed by atoms with E-state index < -0.39 is 0 Å². The van der Waals surface area contributed by atoms with E-state index in [9.17, 15) is 4.79 Å². The third kappa shape index (κ3) is 3.78. The fraction of sp³-hybridized carbons (Fsp3) is 0.105. The smallest absolute Gasteiger partial charge is 0.255 e. The van der Waals surface area contributed by atoms with E-state index in [1.807, 2.05) is 0 Å². The predicted molar refractivity (Wildman–Crippen MR) is 97.4 cm³/mol. The highest BCUT2D eigenvalue weighted by molar-refractivity contribution is 6.31. The van der Waals surface area contributed by atoms with Gasteiger partial charge in [0.2, 0.25) is 0 Å². The molecular weight excluding hydrogens is 342 g/mol. The standard InChI is InChI=1S/C19H16ClNO4/c1-23-16-5-3-4-15(11-16)21-19(22)12-6-7-25-18-13(8-12)9-14(20)10-17(18)24-2/h3-11H,1-2H3,(H,21,22). The third-order valence-electron chi connectivity index (χ3n) is 3.60. The summed E-state index contributed by atoms with van der Waals surface area (Å²) < 4.78 is 16.0. The van der Waals surface area contributed by atoms with Gasteiger partial charge >= 0.3 is 0 Å². The van der Waals surface area contributed by atoms with Crippen molar-refractivity contribution in [2.75, 3.05) is 19.5 Å². The molecular formula is C19H16ClNO4. The summed E-state index contributed by atoms with van der Waals surface area (Å²) in [4.78, 5) is 12.6. The Bertz CT molecular complexity index is 874. The van der Waals surface area contributed by atoms with Crippen LogP contribution in [0.1, 0.15) is 5.56 Å². The highest BCUT2D eigenvalue weighted by Crippen LogP contribution is 2.37. The van der Waals surface area contributed by atoms with Crippen LogP contribution in [0.2, 0.25) is 5.02 Å². The summed E-state index contributed by atoms with van der Waals surface area (Å²) in [5, 5.41) is 3.32. The van der Waals surface area contributed by atoms with Crippen LogP contribution in [-0.2, 0) is 4.79 Å². The number of ether oxygens (including phenoxy) is 3. The van der Waals surface area contributed by atoms with Gasteiger partial charge in [0.05, 0.1) is 20.5 Å². The summed E-state index contributed by atoms with van der Waals surface area (Å²) in [6.07, 6.45) is 4.73. The van der Waals surface area contributed by atoms with Gasteiger partial charge in [-0.25, -0.2) is 0 Å². The molecule has 25 heavy (non-hydrogen) atoms. The number of carbonyl (C=O) groups is 1. The maximum absolute atomic E-state index is 12.6. The largest absolute Gasteiger partial charge is 0.497 e. The van der Waals surface area contributed by atoms with Crippen LogP contribution in [0.15, 0.2) is 54.3 Å². The highest BCUT2D eigenvalue weighted by atomic mass is 35.5. The number of anilines is 1. The van der Waals surface area contributed by atoms with E-state index in [4.69, 9.17) is 25.8 Å². The molecule has 0 saturated carbocycles. The van der Waals surface area contributed by atoms with Crippen molar-refractivity contribution in [3.8, 4) is 17.2 Å². The number of rotatable bonds is 4. The van der Waals surface area contributed by atoms with Crippen LogP contribution >= 0.6 is 11.6 Å². The molecule has 0 aliphatic carbocycles. The summed E-state index contributed by atoms with van der Waals surface area (Å²) >= 11 is 6.10. The molecule has 0 aromatic heterocycles. The fourth-order valence-electron chi connectivity index (χ4n) is 2.41. The molecule has 5 nitrogen and oxygen atoms in total. The lowest BCUT2D eigenvalue weighted by molar-refractivity contribution is -0.112. The summed E-state index contributed by atoms with van der Waals surface area (Å²) in [6.45, 7) is 0. The maximum atomic E-state index is 12.6. The monoisotopic (exact) mass is 357 g/mol.